The van der Waals surface area contributed by atoms with E-state index in [2.05, 4.69) is 15.9 Å². The lowest BCUT2D eigenvalue weighted by molar-refractivity contribution is 0.175. The fourth-order valence-corrected chi connectivity index (χ4v) is 1.41. The Morgan fingerprint density at radius 3 is 3.00 bits per heavy atom. The highest BCUT2D eigenvalue weighted by atomic mass is 79.9. The van der Waals surface area contributed by atoms with Crippen LogP contribution in [0.5, 0.6) is 0 Å². The van der Waals surface area contributed by atoms with Crippen LogP contribution in [-0.4, -0.2) is 21.7 Å². The lowest BCUT2D eigenvalue weighted by atomic mass is 10.4. The van der Waals surface area contributed by atoms with Gasteiger partial charge in [0.2, 0.25) is 0 Å². The third-order valence-electron chi connectivity index (χ3n) is 1.56. The van der Waals surface area contributed by atoms with Gasteiger partial charge in [-0.3, -0.25) is 4.79 Å². The zero-order chi connectivity index (χ0) is 9.84. The summed E-state index contributed by atoms with van der Waals surface area (Å²) >= 11 is 8.53. The predicted octanol–water partition coefficient (Wildman–Crippen LogP) is 1.21. The molecule has 13 heavy (non-hydrogen) atoms. The van der Waals surface area contributed by atoms with Crippen LogP contribution in [-0.2, 0) is 6.54 Å². The summed E-state index contributed by atoms with van der Waals surface area (Å²) in [6.07, 6.45) is 0.928. The van der Waals surface area contributed by atoms with E-state index >= 15 is 0 Å². The molecule has 5 heteroatoms. The van der Waals surface area contributed by atoms with E-state index in [0.717, 1.165) is 0 Å². The molecule has 0 aromatic carbocycles. The Bertz CT molecular complexity index is 339. The maximum Gasteiger partial charge on any atom is 0.264 e. The van der Waals surface area contributed by atoms with Crippen LogP contribution >= 0.6 is 27.5 Å². The van der Waals surface area contributed by atoms with Crippen LogP contribution in [0.1, 0.15) is 0 Å². The van der Waals surface area contributed by atoms with Gasteiger partial charge >= 0.3 is 0 Å². The minimum atomic E-state index is -0.686. The molecule has 72 valence electrons. The molecule has 1 aromatic heterocycles. The van der Waals surface area contributed by atoms with Crippen molar-refractivity contribution in [3.63, 3.8) is 0 Å². The Morgan fingerprint density at radius 1 is 1.69 bits per heavy atom. The summed E-state index contributed by atoms with van der Waals surface area (Å²) in [6, 6.07) is 3.39. The molecule has 1 unspecified atom stereocenters. The highest BCUT2D eigenvalue weighted by Crippen LogP contribution is 2.01. The molecular weight excluding hydrogens is 257 g/mol. The molecule has 0 bridgehead atoms. The van der Waals surface area contributed by atoms with E-state index in [0.29, 0.717) is 4.47 Å². The van der Waals surface area contributed by atoms with Gasteiger partial charge in [0.05, 0.1) is 23.0 Å². The topological polar surface area (TPSA) is 42.2 Å². The zero-order valence-electron chi connectivity index (χ0n) is 6.78. The third kappa shape index (κ3) is 2.83. The summed E-state index contributed by atoms with van der Waals surface area (Å²) in [6.45, 7) is 0.224. The lowest BCUT2D eigenvalue weighted by Crippen LogP contribution is -2.27. The van der Waals surface area contributed by atoms with Crippen molar-refractivity contribution in [1.82, 2.24) is 4.57 Å². The van der Waals surface area contributed by atoms with Gasteiger partial charge in [-0.15, -0.1) is 11.6 Å². The highest BCUT2D eigenvalue weighted by molar-refractivity contribution is 9.10. The molecule has 0 saturated heterocycles. The van der Waals surface area contributed by atoms with Gasteiger partial charge in [-0.1, -0.05) is 0 Å². The monoisotopic (exact) mass is 265 g/mol. The third-order valence-corrected chi connectivity index (χ3v) is 2.52. The average molecular weight is 267 g/mol. The van der Waals surface area contributed by atoms with Gasteiger partial charge in [0.1, 0.15) is 0 Å². The van der Waals surface area contributed by atoms with Crippen molar-refractivity contribution in [3.05, 3.63) is 33.2 Å². The Balaban J connectivity index is 2.89. The summed E-state index contributed by atoms with van der Waals surface area (Å²) in [7, 11) is 0. The van der Waals surface area contributed by atoms with Gasteiger partial charge < -0.3 is 9.67 Å². The van der Waals surface area contributed by atoms with Crippen LogP contribution in [0, 0.1) is 0 Å². The molecule has 0 aliphatic carbocycles. The molecule has 0 spiro atoms. The minimum Gasteiger partial charge on any atom is -0.390 e. The fourth-order valence-electron chi connectivity index (χ4n) is 0.927. The Labute approximate surface area is 89.1 Å². The van der Waals surface area contributed by atoms with Crippen LogP contribution < -0.4 is 5.56 Å². The van der Waals surface area contributed by atoms with Crippen LogP contribution in [0.4, 0.5) is 0 Å². The van der Waals surface area contributed by atoms with E-state index in [1.807, 2.05) is 0 Å². The highest BCUT2D eigenvalue weighted by Gasteiger charge is 2.05. The van der Waals surface area contributed by atoms with Crippen LogP contribution in [0.2, 0.25) is 0 Å². The van der Waals surface area contributed by atoms with Gasteiger partial charge in [-0.25, -0.2) is 0 Å². The molecule has 0 radical (unpaired) electrons. The molecule has 1 atom stereocenters. The SMILES string of the molecule is O=c1c(Br)cccn1CC(O)CCl. The largest absolute Gasteiger partial charge is 0.390 e. The molecule has 0 aliphatic rings. The molecule has 0 saturated carbocycles. The van der Waals surface area contributed by atoms with Crippen LogP contribution in [0.15, 0.2) is 27.6 Å². The minimum absolute atomic E-state index is 0.124. The van der Waals surface area contributed by atoms with Gasteiger partial charge in [-0.05, 0) is 28.1 Å². The van der Waals surface area contributed by atoms with Crippen molar-refractivity contribution in [2.24, 2.45) is 0 Å². The molecule has 1 aromatic rings. The smallest absolute Gasteiger partial charge is 0.264 e. The summed E-state index contributed by atoms with van der Waals surface area (Å²) in [5, 5.41) is 9.22. The van der Waals surface area contributed by atoms with Gasteiger partial charge in [0, 0.05) is 6.20 Å². The summed E-state index contributed by atoms with van der Waals surface area (Å²) in [4.78, 5) is 11.4. The number of hydrogen-bond acceptors (Lipinski definition) is 2. The first-order valence-electron chi connectivity index (χ1n) is 3.74. The van der Waals surface area contributed by atoms with E-state index in [9.17, 15) is 9.90 Å². The summed E-state index contributed by atoms with van der Waals surface area (Å²) in [5.74, 6) is 0.124. The zero-order valence-corrected chi connectivity index (χ0v) is 9.12. The number of hydrogen-bond donors (Lipinski definition) is 1. The Kier molecular flexibility index (Phi) is 3.96. The molecule has 0 fully saturated rings. The molecule has 1 N–H and O–H groups in total. The summed E-state index contributed by atoms with van der Waals surface area (Å²) < 4.78 is 1.90. The number of aliphatic hydroxyl groups excluding tert-OH is 1. The lowest BCUT2D eigenvalue weighted by Gasteiger charge is -2.09. The maximum absolute atomic E-state index is 11.4. The molecule has 3 nitrogen and oxygen atoms in total. The van der Waals surface area contributed by atoms with Gasteiger partial charge in [0.15, 0.2) is 0 Å². The van der Waals surface area contributed by atoms with E-state index < -0.39 is 6.10 Å². The predicted molar refractivity (Wildman–Crippen MR) is 55.1 cm³/mol. The first-order chi connectivity index (χ1) is 6.15. The fraction of sp³-hybridized carbons (Fsp3) is 0.375. The van der Waals surface area contributed by atoms with Crippen molar-refractivity contribution in [3.8, 4) is 0 Å². The number of pyridine rings is 1. The quantitative estimate of drug-likeness (QED) is 0.836. The molecular formula is C8H9BrClNO2. The molecule has 1 rings (SSSR count). The van der Waals surface area contributed by atoms with E-state index in [1.54, 1.807) is 18.3 Å². The standard InChI is InChI=1S/C8H9BrClNO2/c9-7-2-1-3-11(8(7)13)5-6(12)4-10/h1-3,6,12H,4-5H2. The second kappa shape index (κ2) is 4.79. The average Bonchev–Trinajstić information content (AvgIpc) is 2.13. The van der Waals surface area contributed by atoms with Crippen molar-refractivity contribution >= 4 is 27.5 Å². The van der Waals surface area contributed by atoms with E-state index in [1.165, 1.54) is 4.57 Å². The molecule has 1 heterocycles. The first-order valence-corrected chi connectivity index (χ1v) is 5.07. The van der Waals surface area contributed by atoms with Crippen LogP contribution in [0.3, 0.4) is 0 Å². The Hall–Kier alpha value is -0.320. The van der Waals surface area contributed by atoms with E-state index in [4.69, 9.17) is 11.6 Å². The van der Waals surface area contributed by atoms with E-state index in [-0.39, 0.29) is 18.0 Å². The first kappa shape index (κ1) is 10.8. The second-order valence-electron chi connectivity index (χ2n) is 2.62. The number of aliphatic hydroxyl groups is 1. The number of rotatable bonds is 3. The number of alkyl halides is 1. The van der Waals surface area contributed by atoms with Crippen molar-refractivity contribution in [2.45, 2.75) is 12.6 Å². The normalized spacial score (nSPS) is 12.8. The second-order valence-corrected chi connectivity index (χ2v) is 3.78. The van der Waals surface area contributed by atoms with Gasteiger partial charge in [-0.2, -0.15) is 0 Å². The maximum atomic E-state index is 11.4. The number of nitrogens with zero attached hydrogens (tertiary/aromatic N) is 1. The van der Waals surface area contributed by atoms with Gasteiger partial charge in [0.25, 0.3) is 5.56 Å². The number of aromatic nitrogens is 1. The number of halogens is 2. The molecule has 0 aliphatic heterocycles. The van der Waals surface area contributed by atoms with Crippen molar-refractivity contribution in [1.29, 1.82) is 0 Å². The van der Waals surface area contributed by atoms with Crippen molar-refractivity contribution in [2.75, 3.05) is 5.88 Å². The van der Waals surface area contributed by atoms with Crippen LogP contribution in [0.25, 0.3) is 0 Å². The Morgan fingerprint density at radius 2 is 2.38 bits per heavy atom. The molecule has 0 amide bonds. The summed E-state index contributed by atoms with van der Waals surface area (Å²) in [5.41, 5.74) is -0.160. The van der Waals surface area contributed by atoms with Crippen molar-refractivity contribution < 1.29 is 5.11 Å².